The molecule has 0 bridgehead atoms. The predicted molar refractivity (Wildman–Crippen MR) is 68.0 cm³/mol. The van der Waals surface area contributed by atoms with Gasteiger partial charge in [0.05, 0.1) is 23.7 Å². The third-order valence-electron chi connectivity index (χ3n) is 2.22. The molecule has 0 saturated carbocycles. The standard InChI is InChI=1S/C12H11N3O2S/c1-2-17-11(16)10(7-13)18-12-14-8-5-3-4-6-9(8)15-12/h3-6,10H,2H2,1H3,(H,14,15)/t10-/m1/s1. The molecule has 2 aromatic rings. The molecule has 0 radical (unpaired) electrons. The van der Waals surface area contributed by atoms with Crippen molar-refractivity contribution in [3.05, 3.63) is 24.3 Å². The first-order chi connectivity index (χ1) is 8.74. The maximum Gasteiger partial charge on any atom is 0.334 e. The Morgan fingerprint density at radius 1 is 1.61 bits per heavy atom. The van der Waals surface area contributed by atoms with E-state index in [0.717, 1.165) is 22.8 Å². The Hall–Kier alpha value is -2.00. The molecule has 1 atom stereocenters. The summed E-state index contributed by atoms with van der Waals surface area (Å²) in [5.41, 5.74) is 1.68. The molecule has 0 aliphatic rings. The lowest BCUT2D eigenvalue weighted by Gasteiger charge is -2.05. The van der Waals surface area contributed by atoms with Gasteiger partial charge in [0, 0.05) is 0 Å². The topological polar surface area (TPSA) is 78.8 Å². The van der Waals surface area contributed by atoms with Gasteiger partial charge in [-0.05, 0) is 19.1 Å². The maximum atomic E-state index is 11.5. The average molecular weight is 261 g/mol. The molecule has 1 aromatic heterocycles. The number of nitrogens with one attached hydrogen (secondary N) is 1. The predicted octanol–water partition coefficient (Wildman–Crippen LogP) is 2.11. The van der Waals surface area contributed by atoms with Crippen LogP contribution in [0.5, 0.6) is 0 Å². The Morgan fingerprint density at radius 3 is 3.06 bits per heavy atom. The number of ether oxygens (including phenoxy) is 1. The molecule has 18 heavy (non-hydrogen) atoms. The van der Waals surface area contributed by atoms with Gasteiger partial charge in [-0.15, -0.1) is 0 Å². The number of thioether (sulfide) groups is 1. The Labute approximate surface area is 108 Å². The number of carbonyl (C=O) groups is 1. The van der Waals surface area contributed by atoms with E-state index in [9.17, 15) is 4.79 Å². The van der Waals surface area contributed by atoms with Gasteiger partial charge in [0.1, 0.15) is 0 Å². The zero-order chi connectivity index (χ0) is 13.0. The zero-order valence-electron chi connectivity index (χ0n) is 9.71. The van der Waals surface area contributed by atoms with Crippen LogP contribution in [0, 0.1) is 11.3 Å². The summed E-state index contributed by atoms with van der Waals surface area (Å²) in [7, 11) is 0. The lowest BCUT2D eigenvalue weighted by molar-refractivity contribution is -0.141. The number of aromatic nitrogens is 2. The number of hydrogen-bond donors (Lipinski definition) is 1. The van der Waals surface area contributed by atoms with Crippen LogP contribution in [0.3, 0.4) is 0 Å². The number of fused-ring (bicyclic) bond motifs is 1. The van der Waals surface area contributed by atoms with E-state index in [1.165, 1.54) is 0 Å². The highest BCUT2D eigenvalue weighted by atomic mass is 32.2. The van der Waals surface area contributed by atoms with E-state index in [0.29, 0.717) is 5.16 Å². The van der Waals surface area contributed by atoms with E-state index in [-0.39, 0.29) is 6.61 Å². The highest BCUT2D eigenvalue weighted by Gasteiger charge is 2.22. The summed E-state index contributed by atoms with van der Waals surface area (Å²) >= 11 is 1.06. The van der Waals surface area contributed by atoms with Crippen LogP contribution in [0.1, 0.15) is 6.92 Å². The molecule has 0 unspecified atom stereocenters. The Bertz CT molecular complexity index is 570. The fourth-order valence-corrected chi connectivity index (χ4v) is 2.20. The summed E-state index contributed by atoms with van der Waals surface area (Å²) in [6.07, 6.45) is 0. The second-order valence-electron chi connectivity index (χ2n) is 3.44. The lowest BCUT2D eigenvalue weighted by atomic mass is 10.3. The fourth-order valence-electron chi connectivity index (χ4n) is 1.44. The van der Waals surface area contributed by atoms with Crippen molar-refractivity contribution in [3.8, 4) is 6.07 Å². The lowest BCUT2D eigenvalue weighted by Crippen LogP contribution is -2.18. The summed E-state index contributed by atoms with van der Waals surface area (Å²) in [5.74, 6) is -0.537. The zero-order valence-corrected chi connectivity index (χ0v) is 10.5. The molecule has 0 aliphatic heterocycles. The number of para-hydroxylation sites is 2. The molecule has 6 heteroatoms. The van der Waals surface area contributed by atoms with E-state index in [2.05, 4.69) is 9.97 Å². The Kier molecular flexibility index (Phi) is 3.85. The number of H-pyrrole nitrogens is 1. The monoisotopic (exact) mass is 261 g/mol. The minimum atomic E-state index is -0.898. The van der Waals surface area contributed by atoms with Crippen LogP contribution in [-0.4, -0.2) is 27.8 Å². The molecule has 0 amide bonds. The molecule has 92 valence electrons. The van der Waals surface area contributed by atoms with Gasteiger partial charge in [-0.2, -0.15) is 5.26 Å². The molecule has 5 nitrogen and oxygen atoms in total. The molecule has 0 saturated heterocycles. The van der Waals surface area contributed by atoms with Crippen molar-refractivity contribution in [2.75, 3.05) is 6.61 Å². The number of benzene rings is 1. The third kappa shape index (κ3) is 2.63. The van der Waals surface area contributed by atoms with Gasteiger partial charge in [0.2, 0.25) is 0 Å². The molecule has 1 aromatic carbocycles. The summed E-state index contributed by atoms with van der Waals surface area (Å²) in [4.78, 5) is 18.8. The number of esters is 1. The summed E-state index contributed by atoms with van der Waals surface area (Å²) in [6, 6.07) is 9.43. The largest absolute Gasteiger partial charge is 0.464 e. The number of nitrogens with zero attached hydrogens (tertiary/aromatic N) is 2. The number of rotatable bonds is 4. The molecule has 2 rings (SSSR count). The fraction of sp³-hybridized carbons (Fsp3) is 0.250. The quantitative estimate of drug-likeness (QED) is 0.673. The SMILES string of the molecule is CCOC(=O)[C@@H](C#N)Sc1nc2ccccc2[nH]1. The molecule has 0 spiro atoms. The molecule has 1 N–H and O–H groups in total. The van der Waals surface area contributed by atoms with Crippen LogP contribution < -0.4 is 0 Å². The van der Waals surface area contributed by atoms with Crippen LogP contribution in [0.4, 0.5) is 0 Å². The molecule has 0 aliphatic carbocycles. The number of aromatic amines is 1. The highest BCUT2D eigenvalue weighted by Crippen LogP contribution is 2.23. The van der Waals surface area contributed by atoms with Crippen molar-refractivity contribution >= 4 is 28.8 Å². The van der Waals surface area contributed by atoms with Gasteiger partial charge in [-0.3, -0.25) is 0 Å². The molecule has 0 fully saturated rings. The second kappa shape index (κ2) is 5.56. The van der Waals surface area contributed by atoms with E-state index in [1.807, 2.05) is 30.3 Å². The van der Waals surface area contributed by atoms with E-state index < -0.39 is 11.2 Å². The van der Waals surface area contributed by atoms with E-state index in [4.69, 9.17) is 10.00 Å². The molecule has 1 heterocycles. The second-order valence-corrected chi connectivity index (χ2v) is 4.53. The first-order valence-electron chi connectivity index (χ1n) is 5.42. The van der Waals surface area contributed by atoms with Gasteiger partial charge < -0.3 is 9.72 Å². The van der Waals surface area contributed by atoms with E-state index in [1.54, 1.807) is 6.92 Å². The van der Waals surface area contributed by atoms with Crippen molar-refractivity contribution in [1.29, 1.82) is 5.26 Å². The minimum absolute atomic E-state index is 0.262. The first-order valence-corrected chi connectivity index (χ1v) is 6.30. The van der Waals surface area contributed by atoms with Crippen LogP contribution in [0.15, 0.2) is 29.4 Å². The van der Waals surface area contributed by atoms with Crippen molar-refractivity contribution in [2.45, 2.75) is 17.3 Å². The average Bonchev–Trinajstić information content (AvgIpc) is 2.78. The van der Waals surface area contributed by atoms with Crippen LogP contribution in [-0.2, 0) is 9.53 Å². The number of nitriles is 1. The summed E-state index contributed by atoms with van der Waals surface area (Å²) in [5, 5.41) is 8.59. The summed E-state index contributed by atoms with van der Waals surface area (Å²) < 4.78 is 4.82. The van der Waals surface area contributed by atoms with Crippen molar-refractivity contribution in [3.63, 3.8) is 0 Å². The summed E-state index contributed by atoms with van der Waals surface area (Å²) in [6.45, 7) is 1.97. The van der Waals surface area contributed by atoms with Crippen molar-refractivity contribution in [2.24, 2.45) is 0 Å². The Balaban J connectivity index is 2.17. The van der Waals surface area contributed by atoms with Gasteiger partial charge in [0.25, 0.3) is 0 Å². The van der Waals surface area contributed by atoms with E-state index >= 15 is 0 Å². The highest BCUT2D eigenvalue weighted by molar-refractivity contribution is 8.00. The van der Waals surface area contributed by atoms with Crippen LogP contribution in [0.25, 0.3) is 11.0 Å². The van der Waals surface area contributed by atoms with Gasteiger partial charge in [-0.1, -0.05) is 23.9 Å². The molecular weight excluding hydrogens is 250 g/mol. The van der Waals surface area contributed by atoms with Crippen LogP contribution in [0.2, 0.25) is 0 Å². The van der Waals surface area contributed by atoms with Crippen molar-refractivity contribution in [1.82, 2.24) is 9.97 Å². The number of hydrogen-bond acceptors (Lipinski definition) is 5. The maximum absolute atomic E-state index is 11.5. The minimum Gasteiger partial charge on any atom is -0.464 e. The first kappa shape index (κ1) is 12.5. The van der Waals surface area contributed by atoms with Crippen LogP contribution >= 0.6 is 11.8 Å². The Morgan fingerprint density at radius 2 is 2.39 bits per heavy atom. The molecular formula is C12H11N3O2S. The third-order valence-corrected chi connectivity index (χ3v) is 3.17. The van der Waals surface area contributed by atoms with Gasteiger partial charge in [0.15, 0.2) is 10.4 Å². The van der Waals surface area contributed by atoms with Crippen molar-refractivity contribution < 1.29 is 9.53 Å². The van der Waals surface area contributed by atoms with Gasteiger partial charge in [-0.25, -0.2) is 9.78 Å². The van der Waals surface area contributed by atoms with Gasteiger partial charge >= 0.3 is 5.97 Å². The number of carbonyl (C=O) groups excluding carboxylic acids is 1. The smallest absolute Gasteiger partial charge is 0.334 e. The normalized spacial score (nSPS) is 12.0. The number of imidazole rings is 1.